The molecule has 3 aromatic rings. The Morgan fingerprint density at radius 2 is 1.67 bits per heavy atom. The molecule has 0 heterocycles. The average molecular weight is 446 g/mol. The van der Waals surface area contributed by atoms with Crippen molar-refractivity contribution in [1.82, 2.24) is 10.7 Å². The zero-order valence-corrected chi connectivity index (χ0v) is 17.1. The van der Waals surface area contributed by atoms with E-state index in [0.717, 1.165) is 0 Å². The Morgan fingerprint density at radius 1 is 0.939 bits per heavy atom. The predicted octanol–water partition coefficient (Wildman–Crippen LogP) is 2.69. The van der Waals surface area contributed by atoms with Gasteiger partial charge in [0, 0.05) is 17.7 Å². The molecule has 2 amide bonds. The third kappa shape index (κ3) is 6.82. The number of nitrogens with zero attached hydrogens (tertiary/aromatic N) is 2. The quantitative estimate of drug-likeness (QED) is 0.179. The minimum Gasteiger partial charge on any atom is -0.423 e. The highest BCUT2D eigenvalue weighted by Crippen LogP contribution is 2.16. The van der Waals surface area contributed by atoms with Crippen LogP contribution in [0.2, 0.25) is 0 Å². The van der Waals surface area contributed by atoms with Crippen LogP contribution < -0.4 is 15.5 Å². The van der Waals surface area contributed by atoms with Crippen molar-refractivity contribution < 1.29 is 24.0 Å². The van der Waals surface area contributed by atoms with E-state index in [0.29, 0.717) is 11.1 Å². The number of hydrogen-bond acceptors (Lipinski definition) is 7. The van der Waals surface area contributed by atoms with Crippen molar-refractivity contribution in [2.24, 2.45) is 5.10 Å². The molecule has 0 aliphatic heterocycles. The number of rotatable bonds is 8. The van der Waals surface area contributed by atoms with Crippen molar-refractivity contribution in [1.29, 1.82) is 0 Å². The lowest BCUT2D eigenvalue weighted by atomic mass is 10.2. The Balaban J connectivity index is 1.50. The van der Waals surface area contributed by atoms with E-state index in [4.69, 9.17) is 4.74 Å². The molecule has 0 fully saturated rings. The number of carbonyl (C=O) groups excluding carboxylic acids is 3. The van der Waals surface area contributed by atoms with Crippen LogP contribution in [0.25, 0.3) is 0 Å². The Morgan fingerprint density at radius 3 is 2.36 bits per heavy atom. The highest BCUT2D eigenvalue weighted by molar-refractivity contribution is 5.96. The van der Waals surface area contributed by atoms with Gasteiger partial charge in [-0.3, -0.25) is 19.7 Å². The fraction of sp³-hybridized carbons (Fsp3) is 0.0435. The van der Waals surface area contributed by atoms with E-state index in [2.05, 4.69) is 15.8 Å². The first-order valence-corrected chi connectivity index (χ1v) is 9.64. The number of hydrogen-bond donors (Lipinski definition) is 2. The minimum atomic E-state index is -0.679. The van der Waals surface area contributed by atoms with Crippen LogP contribution in [0.1, 0.15) is 26.3 Å². The summed E-state index contributed by atoms with van der Waals surface area (Å²) in [6.07, 6.45) is 1.35. The Kier molecular flexibility index (Phi) is 7.58. The van der Waals surface area contributed by atoms with Crippen molar-refractivity contribution in [2.75, 3.05) is 6.54 Å². The van der Waals surface area contributed by atoms with Crippen LogP contribution in [0, 0.1) is 10.1 Å². The molecule has 2 N–H and O–H groups in total. The van der Waals surface area contributed by atoms with Crippen molar-refractivity contribution >= 4 is 29.7 Å². The van der Waals surface area contributed by atoms with Crippen LogP contribution in [0.15, 0.2) is 84.0 Å². The second kappa shape index (κ2) is 11.0. The van der Waals surface area contributed by atoms with E-state index >= 15 is 0 Å². The molecule has 0 spiro atoms. The lowest BCUT2D eigenvalue weighted by Crippen LogP contribution is -2.34. The first-order valence-electron chi connectivity index (χ1n) is 9.64. The van der Waals surface area contributed by atoms with Gasteiger partial charge in [-0.05, 0) is 42.0 Å². The molecule has 0 unspecified atom stereocenters. The first-order chi connectivity index (χ1) is 15.9. The number of amides is 2. The second-order valence-corrected chi connectivity index (χ2v) is 6.61. The van der Waals surface area contributed by atoms with Crippen molar-refractivity contribution in [3.05, 3.63) is 106 Å². The van der Waals surface area contributed by atoms with Gasteiger partial charge in [0.15, 0.2) is 0 Å². The van der Waals surface area contributed by atoms with Gasteiger partial charge in [0.05, 0.1) is 23.2 Å². The van der Waals surface area contributed by atoms with Crippen LogP contribution >= 0.6 is 0 Å². The third-order valence-corrected chi connectivity index (χ3v) is 4.23. The molecule has 10 heteroatoms. The Labute approximate surface area is 188 Å². The molecule has 0 aliphatic carbocycles. The summed E-state index contributed by atoms with van der Waals surface area (Å²) in [6.45, 7) is -0.252. The fourth-order valence-electron chi connectivity index (χ4n) is 2.61. The van der Waals surface area contributed by atoms with Crippen LogP contribution in [0.5, 0.6) is 5.75 Å². The summed E-state index contributed by atoms with van der Waals surface area (Å²) >= 11 is 0. The third-order valence-electron chi connectivity index (χ3n) is 4.23. The number of nitrogens with one attached hydrogen (secondary N) is 2. The largest absolute Gasteiger partial charge is 0.423 e. The summed E-state index contributed by atoms with van der Waals surface area (Å²) in [7, 11) is 0. The van der Waals surface area contributed by atoms with Gasteiger partial charge >= 0.3 is 5.97 Å². The highest BCUT2D eigenvalue weighted by Gasteiger charge is 2.12. The predicted molar refractivity (Wildman–Crippen MR) is 119 cm³/mol. The molecule has 10 nitrogen and oxygen atoms in total. The molecule has 0 saturated heterocycles. The molecule has 0 aromatic heterocycles. The first kappa shape index (κ1) is 22.8. The molecular weight excluding hydrogens is 428 g/mol. The molecular formula is C23H18N4O6. The van der Waals surface area contributed by atoms with E-state index in [9.17, 15) is 24.5 Å². The summed E-state index contributed by atoms with van der Waals surface area (Å²) in [6, 6.07) is 19.9. The van der Waals surface area contributed by atoms with E-state index in [1.54, 1.807) is 48.5 Å². The van der Waals surface area contributed by atoms with Gasteiger partial charge in [-0.25, -0.2) is 10.2 Å². The van der Waals surface area contributed by atoms with E-state index in [1.165, 1.54) is 36.5 Å². The molecule has 3 rings (SSSR count). The summed E-state index contributed by atoms with van der Waals surface area (Å²) in [5.74, 6) is -1.35. The Bertz CT molecular complexity index is 1190. The normalized spacial score (nSPS) is 10.4. The second-order valence-electron chi connectivity index (χ2n) is 6.61. The zero-order valence-electron chi connectivity index (χ0n) is 17.1. The standard InChI is InChI=1S/C23H18N4O6/c28-21(15-24-22(29)17-6-2-1-3-7-17)26-25-14-16-5-4-8-20(13-16)33-23(30)18-9-11-19(12-10-18)27(31)32/h1-14H,15H2,(H,24,29)(H,26,28). The van der Waals surface area contributed by atoms with Gasteiger partial charge in [0.25, 0.3) is 17.5 Å². The number of hydrazone groups is 1. The van der Waals surface area contributed by atoms with Crippen LogP contribution in [-0.2, 0) is 4.79 Å². The van der Waals surface area contributed by atoms with E-state index in [1.807, 2.05) is 0 Å². The van der Waals surface area contributed by atoms with Crippen LogP contribution in [0.4, 0.5) is 5.69 Å². The number of benzene rings is 3. The molecule has 0 aliphatic rings. The van der Waals surface area contributed by atoms with Gasteiger partial charge in [0.1, 0.15) is 5.75 Å². The van der Waals surface area contributed by atoms with Gasteiger partial charge in [-0.2, -0.15) is 5.10 Å². The molecule has 33 heavy (non-hydrogen) atoms. The minimum absolute atomic E-state index is 0.133. The highest BCUT2D eigenvalue weighted by atomic mass is 16.6. The average Bonchev–Trinajstić information content (AvgIpc) is 2.83. The molecule has 0 atom stereocenters. The lowest BCUT2D eigenvalue weighted by molar-refractivity contribution is -0.384. The molecule has 3 aromatic carbocycles. The number of non-ortho nitro benzene ring substituents is 1. The number of nitro groups is 1. The molecule has 0 radical (unpaired) electrons. The Hall–Kier alpha value is -4.86. The zero-order chi connectivity index (χ0) is 23.6. The summed E-state index contributed by atoms with van der Waals surface area (Å²) < 4.78 is 5.27. The van der Waals surface area contributed by atoms with Crippen LogP contribution in [-0.4, -0.2) is 35.5 Å². The topological polar surface area (TPSA) is 140 Å². The van der Waals surface area contributed by atoms with Gasteiger partial charge in [-0.15, -0.1) is 0 Å². The summed E-state index contributed by atoms with van der Waals surface area (Å²) in [5.41, 5.74) is 3.29. The SMILES string of the molecule is O=C(CNC(=O)c1ccccc1)NN=Cc1cccc(OC(=O)c2ccc([N+](=O)[O-])cc2)c1. The molecule has 0 saturated carbocycles. The molecule has 166 valence electrons. The van der Waals surface area contributed by atoms with Gasteiger partial charge in [-0.1, -0.05) is 30.3 Å². The number of nitro benzene ring substituents is 1. The summed E-state index contributed by atoms with van der Waals surface area (Å²) in [4.78, 5) is 46.1. The van der Waals surface area contributed by atoms with Crippen LogP contribution in [0.3, 0.4) is 0 Å². The number of carbonyl (C=O) groups is 3. The maximum Gasteiger partial charge on any atom is 0.343 e. The van der Waals surface area contributed by atoms with Gasteiger partial charge in [0.2, 0.25) is 0 Å². The fourth-order valence-corrected chi connectivity index (χ4v) is 2.61. The van der Waals surface area contributed by atoms with E-state index in [-0.39, 0.29) is 29.5 Å². The monoisotopic (exact) mass is 446 g/mol. The van der Waals surface area contributed by atoms with E-state index < -0.39 is 16.8 Å². The van der Waals surface area contributed by atoms with Gasteiger partial charge < -0.3 is 10.1 Å². The maximum absolute atomic E-state index is 12.2. The van der Waals surface area contributed by atoms with Crippen molar-refractivity contribution in [3.8, 4) is 5.75 Å². The molecule has 0 bridgehead atoms. The van der Waals surface area contributed by atoms with Crippen molar-refractivity contribution in [3.63, 3.8) is 0 Å². The summed E-state index contributed by atoms with van der Waals surface area (Å²) in [5, 5.41) is 17.0. The van der Waals surface area contributed by atoms with Crippen molar-refractivity contribution in [2.45, 2.75) is 0 Å². The maximum atomic E-state index is 12.2. The number of esters is 1. The smallest absolute Gasteiger partial charge is 0.343 e. The number of ether oxygens (including phenoxy) is 1. The lowest BCUT2D eigenvalue weighted by Gasteiger charge is -2.05.